The van der Waals surface area contributed by atoms with Gasteiger partial charge < -0.3 is 10.1 Å². The molecule has 2 aromatic rings. The molecule has 0 spiro atoms. The smallest absolute Gasteiger partial charge is 0.242 e. The van der Waals surface area contributed by atoms with Crippen LogP contribution >= 0.6 is 23.8 Å². The molecule has 0 unspecified atom stereocenters. The highest BCUT2D eigenvalue weighted by atomic mass is 35.5. The lowest BCUT2D eigenvalue weighted by Gasteiger charge is -2.12. The SMILES string of the molecule is CCOc1ccc(NC(=S)NNC(=O)Cc2c(F)cccc2Cl)cc1. The number of thiocarbonyl (C=S) groups is 1. The molecule has 132 valence electrons. The first kappa shape index (κ1) is 19.0. The van der Waals surface area contributed by atoms with Gasteiger partial charge >= 0.3 is 0 Å². The Bertz CT molecular complexity index is 736. The quantitative estimate of drug-likeness (QED) is 0.547. The van der Waals surface area contributed by atoms with Gasteiger partial charge in [-0.05, 0) is 55.5 Å². The van der Waals surface area contributed by atoms with Gasteiger partial charge in [-0.2, -0.15) is 0 Å². The molecule has 0 aliphatic heterocycles. The van der Waals surface area contributed by atoms with Gasteiger partial charge in [0.1, 0.15) is 11.6 Å². The lowest BCUT2D eigenvalue weighted by molar-refractivity contribution is -0.121. The molecule has 0 aromatic heterocycles. The number of benzene rings is 2. The average Bonchev–Trinajstić information content (AvgIpc) is 2.58. The van der Waals surface area contributed by atoms with Crippen LogP contribution in [0.4, 0.5) is 10.1 Å². The molecule has 0 heterocycles. The van der Waals surface area contributed by atoms with Crippen molar-refractivity contribution in [2.75, 3.05) is 11.9 Å². The predicted octanol–water partition coefficient (Wildman–Crippen LogP) is 3.44. The van der Waals surface area contributed by atoms with Crippen molar-refractivity contribution in [1.29, 1.82) is 0 Å². The standard InChI is InChI=1S/C17H17ClFN3O2S/c1-2-24-12-8-6-11(7-9-12)20-17(25)22-21-16(23)10-13-14(18)4-3-5-15(13)19/h3-9H,2,10H2,1H3,(H,21,23)(H2,20,22,25). The summed E-state index contributed by atoms with van der Waals surface area (Å²) in [7, 11) is 0. The first-order valence-corrected chi connectivity index (χ1v) is 8.29. The molecule has 0 atom stereocenters. The zero-order chi connectivity index (χ0) is 18.2. The molecule has 8 heteroatoms. The number of rotatable bonds is 5. The monoisotopic (exact) mass is 381 g/mol. The van der Waals surface area contributed by atoms with Crippen LogP contribution in [0.1, 0.15) is 12.5 Å². The van der Waals surface area contributed by atoms with Crippen LogP contribution in [0.15, 0.2) is 42.5 Å². The Balaban J connectivity index is 1.82. The number of carbonyl (C=O) groups excluding carboxylic acids is 1. The maximum Gasteiger partial charge on any atom is 0.242 e. The van der Waals surface area contributed by atoms with Gasteiger partial charge in [0.15, 0.2) is 5.11 Å². The third-order valence-corrected chi connectivity index (χ3v) is 3.70. The van der Waals surface area contributed by atoms with Crippen LogP contribution in [-0.4, -0.2) is 17.6 Å². The minimum Gasteiger partial charge on any atom is -0.494 e. The van der Waals surface area contributed by atoms with E-state index in [0.29, 0.717) is 6.61 Å². The second-order valence-corrected chi connectivity index (χ2v) is 5.78. The fourth-order valence-corrected chi connectivity index (χ4v) is 2.39. The van der Waals surface area contributed by atoms with Crippen molar-refractivity contribution in [3.8, 4) is 5.75 Å². The summed E-state index contributed by atoms with van der Waals surface area (Å²) in [5.41, 5.74) is 5.81. The normalized spacial score (nSPS) is 10.0. The zero-order valence-electron chi connectivity index (χ0n) is 13.4. The second-order valence-electron chi connectivity index (χ2n) is 4.96. The third-order valence-electron chi connectivity index (χ3n) is 3.14. The van der Waals surface area contributed by atoms with Crippen LogP contribution in [0.2, 0.25) is 5.02 Å². The number of hydrazine groups is 1. The Kier molecular flexibility index (Phi) is 6.97. The van der Waals surface area contributed by atoms with E-state index in [9.17, 15) is 9.18 Å². The third kappa shape index (κ3) is 5.88. The number of hydrogen-bond acceptors (Lipinski definition) is 3. The minimum atomic E-state index is -0.530. The van der Waals surface area contributed by atoms with E-state index in [0.717, 1.165) is 11.4 Å². The largest absolute Gasteiger partial charge is 0.494 e. The lowest BCUT2D eigenvalue weighted by atomic mass is 10.1. The second kappa shape index (κ2) is 9.19. The molecular formula is C17H17ClFN3O2S. The van der Waals surface area contributed by atoms with Crippen molar-refractivity contribution in [1.82, 2.24) is 10.9 Å². The summed E-state index contributed by atoms with van der Waals surface area (Å²) < 4.78 is 19.0. The van der Waals surface area contributed by atoms with Crippen LogP contribution in [-0.2, 0) is 11.2 Å². The number of hydrogen-bond donors (Lipinski definition) is 3. The van der Waals surface area contributed by atoms with Crippen LogP contribution < -0.4 is 20.9 Å². The zero-order valence-corrected chi connectivity index (χ0v) is 15.0. The number of ether oxygens (including phenoxy) is 1. The summed E-state index contributed by atoms with van der Waals surface area (Å²) in [6.07, 6.45) is -0.204. The molecule has 3 N–H and O–H groups in total. The summed E-state index contributed by atoms with van der Waals surface area (Å²) >= 11 is 11.0. The molecule has 25 heavy (non-hydrogen) atoms. The summed E-state index contributed by atoms with van der Waals surface area (Å²) in [4.78, 5) is 11.9. The molecule has 0 bridgehead atoms. The molecule has 2 rings (SSSR count). The Hall–Kier alpha value is -2.38. The van der Waals surface area contributed by atoms with E-state index in [2.05, 4.69) is 16.2 Å². The predicted molar refractivity (Wildman–Crippen MR) is 100 cm³/mol. The highest BCUT2D eigenvalue weighted by molar-refractivity contribution is 7.80. The lowest BCUT2D eigenvalue weighted by Crippen LogP contribution is -2.44. The van der Waals surface area contributed by atoms with E-state index in [4.69, 9.17) is 28.6 Å². The maximum absolute atomic E-state index is 13.7. The molecule has 0 aliphatic rings. The van der Waals surface area contributed by atoms with Crippen molar-refractivity contribution >= 4 is 40.5 Å². The summed E-state index contributed by atoms with van der Waals surface area (Å²) in [6, 6.07) is 11.4. The van der Waals surface area contributed by atoms with Crippen LogP contribution in [0, 0.1) is 5.82 Å². The van der Waals surface area contributed by atoms with Gasteiger partial charge in [-0.25, -0.2) is 4.39 Å². The first-order valence-electron chi connectivity index (χ1n) is 7.51. The Morgan fingerprint density at radius 2 is 1.92 bits per heavy atom. The van der Waals surface area contributed by atoms with E-state index in [-0.39, 0.29) is 22.1 Å². The fraction of sp³-hybridized carbons (Fsp3) is 0.176. The van der Waals surface area contributed by atoms with Crippen molar-refractivity contribution in [3.05, 3.63) is 58.9 Å². The molecular weight excluding hydrogens is 365 g/mol. The Labute approximate surface area is 155 Å². The van der Waals surface area contributed by atoms with E-state index in [1.165, 1.54) is 18.2 Å². The summed E-state index contributed by atoms with van der Waals surface area (Å²) in [5, 5.41) is 3.29. The van der Waals surface area contributed by atoms with Crippen molar-refractivity contribution in [2.45, 2.75) is 13.3 Å². The number of amides is 1. The van der Waals surface area contributed by atoms with Gasteiger partial charge in [0.05, 0.1) is 13.0 Å². The van der Waals surface area contributed by atoms with Crippen molar-refractivity contribution < 1.29 is 13.9 Å². The highest BCUT2D eigenvalue weighted by Crippen LogP contribution is 2.19. The van der Waals surface area contributed by atoms with E-state index in [1.807, 2.05) is 6.92 Å². The molecule has 1 amide bonds. The van der Waals surface area contributed by atoms with E-state index >= 15 is 0 Å². The maximum atomic E-state index is 13.7. The molecule has 5 nitrogen and oxygen atoms in total. The molecule has 0 aliphatic carbocycles. The van der Waals surface area contributed by atoms with Crippen LogP contribution in [0.25, 0.3) is 0 Å². The molecule has 0 saturated heterocycles. The van der Waals surface area contributed by atoms with Gasteiger partial charge in [0.2, 0.25) is 5.91 Å². The number of halogens is 2. The minimum absolute atomic E-state index is 0.133. The summed E-state index contributed by atoms with van der Waals surface area (Å²) in [5.74, 6) is -0.248. The summed E-state index contributed by atoms with van der Waals surface area (Å²) in [6.45, 7) is 2.49. The molecule has 0 saturated carbocycles. The van der Waals surface area contributed by atoms with Gasteiger partial charge in [-0.3, -0.25) is 15.6 Å². The van der Waals surface area contributed by atoms with Gasteiger partial charge in [0.25, 0.3) is 0 Å². The highest BCUT2D eigenvalue weighted by Gasteiger charge is 2.12. The van der Waals surface area contributed by atoms with Crippen LogP contribution in [0.3, 0.4) is 0 Å². The Morgan fingerprint density at radius 1 is 1.20 bits per heavy atom. The van der Waals surface area contributed by atoms with Gasteiger partial charge in [-0.1, -0.05) is 17.7 Å². The molecule has 2 aromatic carbocycles. The van der Waals surface area contributed by atoms with Crippen molar-refractivity contribution in [3.63, 3.8) is 0 Å². The number of anilines is 1. The Morgan fingerprint density at radius 3 is 2.56 bits per heavy atom. The number of nitrogens with one attached hydrogen (secondary N) is 3. The van der Waals surface area contributed by atoms with E-state index < -0.39 is 11.7 Å². The topological polar surface area (TPSA) is 62.4 Å². The fourth-order valence-electron chi connectivity index (χ4n) is 2.00. The van der Waals surface area contributed by atoms with Gasteiger partial charge in [-0.15, -0.1) is 0 Å². The molecule has 0 fully saturated rings. The van der Waals surface area contributed by atoms with Gasteiger partial charge in [0, 0.05) is 16.3 Å². The molecule has 0 radical (unpaired) electrons. The average molecular weight is 382 g/mol. The first-order chi connectivity index (χ1) is 12.0. The van der Waals surface area contributed by atoms with E-state index in [1.54, 1.807) is 24.3 Å². The number of carbonyl (C=O) groups is 1. The van der Waals surface area contributed by atoms with Crippen molar-refractivity contribution in [2.24, 2.45) is 0 Å². The van der Waals surface area contributed by atoms with Crippen LogP contribution in [0.5, 0.6) is 5.75 Å².